The fourth-order valence-corrected chi connectivity index (χ4v) is 4.33. The van der Waals surface area contributed by atoms with Gasteiger partial charge >= 0.3 is 0 Å². The summed E-state index contributed by atoms with van der Waals surface area (Å²) in [6.45, 7) is 5.78. The molecule has 0 saturated carbocycles. The lowest BCUT2D eigenvalue weighted by Gasteiger charge is -2.36. The Morgan fingerprint density at radius 3 is 2.59 bits per heavy atom. The van der Waals surface area contributed by atoms with Crippen LogP contribution < -0.4 is 0 Å². The molecule has 5 rings (SSSR count). The van der Waals surface area contributed by atoms with Crippen molar-refractivity contribution in [2.75, 3.05) is 13.1 Å². The minimum atomic E-state index is -0.0819. The molecule has 3 heterocycles. The molecule has 0 N–H and O–H groups in total. The third-order valence-electron chi connectivity index (χ3n) is 5.90. The number of nitrogens with zero attached hydrogens (tertiary/aromatic N) is 2. The lowest BCUT2D eigenvalue weighted by molar-refractivity contribution is -0.140. The lowest BCUT2D eigenvalue weighted by Crippen LogP contribution is -2.47. The topological polar surface area (TPSA) is 40.6 Å². The van der Waals surface area contributed by atoms with Crippen LogP contribution in [0.5, 0.6) is 0 Å². The van der Waals surface area contributed by atoms with Crippen molar-refractivity contribution >= 4 is 11.8 Å². The monoisotopic (exact) mass is 362 g/mol. The van der Waals surface area contributed by atoms with E-state index in [0.717, 1.165) is 35.1 Å². The Bertz CT molecular complexity index is 862. The van der Waals surface area contributed by atoms with Gasteiger partial charge in [-0.05, 0) is 43.9 Å². The van der Waals surface area contributed by atoms with Crippen molar-refractivity contribution in [2.45, 2.75) is 39.3 Å². The number of carbonyl (C=O) groups excluding carboxylic acids is 2. The third-order valence-corrected chi connectivity index (χ3v) is 5.90. The van der Waals surface area contributed by atoms with E-state index in [1.165, 1.54) is 0 Å². The van der Waals surface area contributed by atoms with Gasteiger partial charge in [0.2, 0.25) is 5.91 Å². The molecule has 4 heteroatoms. The minimum absolute atomic E-state index is 0.0578. The predicted molar refractivity (Wildman–Crippen MR) is 105 cm³/mol. The van der Waals surface area contributed by atoms with Crippen molar-refractivity contribution in [3.63, 3.8) is 0 Å². The first-order chi connectivity index (χ1) is 13.0. The smallest absolute Gasteiger partial charge is 0.254 e. The second kappa shape index (κ2) is 7.18. The molecular weight excluding hydrogens is 336 g/mol. The maximum Gasteiger partial charge on any atom is 0.254 e. The van der Waals surface area contributed by atoms with E-state index in [1.807, 2.05) is 60.0 Å². The maximum absolute atomic E-state index is 13.2. The van der Waals surface area contributed by atoms with Gasteiger partial charge in [0.15, 0.2) is 0 Å². The standard InChI is InChI=1S/C23H26N2O2/c1-16-8-9-17(2)21(12-16)23(27)24-14-19-10-11-20(15-24)25(22(19)26)13-18-6-4-3-5-7-18/h3-9,12,19-20H,10-11,13-15H2,1-2H3/t19-,20+/m1/s1. The minimum Gasteiger partial charge on any atom is -0.336 e. The summed E-state index contributed by atoms with van der Waals surface area (Å²) in [4.78, 5) is 30.1. The number of carbonyl (C=O) groups is 2. The highest BCUT2D eigenvalue weighted by Gasteiger charge is 2.42. The Hall–Kier alpha value is -2.62. The zero-order valence-electron chi connectivity index (χ0n) is 16.0. The number of aryl methyl sites for hydroxylation is 2. The molecule has 3 saturated heterocycles. The predicted octanol–water partition coefficient (Wildman–Crippen LogP) is 3.57. The Balaban J connectivity index is 1.58. The number of fused-ring (bicyclic) bond motifs is 4. The zero-order valence-corrected chi connectivity index (χ0v) is 16.0. The van der Waals surface area contributed by atoms with E-state index in [-0.39, 0.29) is 23.8 Å². The molecule has 2 aromatic carbocycles. The average molecular weight is 362 g/mol. The summed E-state index contributed by atoms with van der Waals surface area (Å²) in [6.07, 6.45) is 1.85. The van der Waals surface area contributed by atoms with Crippen LogP contribution in [0.15, 0.2) is 48.5 Å². The Labute approximate surface area is 160 Å². The van der Waals surface area contributed by atoms with Crippen LogP contribution in [-0.2, 0) is 11.3 Å². The Morgan fingerprint density at radius 1 is 1.04 bits per heavy atom. The Morgan fingerprint density at radius 2 is 1.81 bits per heavy atom. The van der Waals surface area contributed by atoms with Crippen LogP contribution in [-0.4, -0.2) is 40.7 Å². The molecule has 3 aliphatic rings. The van der Waals surface area contributed by atoms with Crippen molar-refractivity contribution in [1.29, 1.82) is 0 Å². The fourth-order valence-electron chi connectivity index (χ4n) is 4.33. The highest BCUT2D eigenvalue weighted by atomic mass is 16.2. The van der Waals surface area contributed by atoms with E-state index in [2.05, 4.69) is 12.1 Å². The first kappa shape index (κ1) is 17.8. The number of amides is 2. The molecular formula is C23H26N2O2. The summed E-state index contributed by atoms with van der Waals surface area (Å²) in [5.74, 6) is 0.176. The lowest BCUT2D eigenvalue weighted by atomic mass is 9.93. The van der Waals surface area contributed by atoms with Crippen LogP contribution >= 0.6 is 0 Å². The molecule has 2 atom stereocenters. The molecule has 140 valence electrons. The second-order valence-electron chi connectivity index (χ2n) is 7.91. The normalized spacial score (nSPS) is 22.1. The molecule has 27 heavy (non-hydrogen) atoms. The third kappa shape index (κ3) is 3.48. The summed E-state index contributed by atoms with van der Waals surface area (Å²) in [5.41, 5.74) is 3.99. The Kier molecular flexibility index (Phi) is 4.73. The molecule has 2 bridgehead atoms. The first-order valence-corrected chi connectivity index (χ1v) is 9.74. The fraction of sp³-hybridized carbons (Fsp3) is 0.391. The molecule has 0 spiro atoms. The van der Waals surface area contributed by atoms with Crippen molar-refractivity contribution in [3.8, 4) is 0 Å². The van der Waals surface area contributed by atoms with Gasteiger partial charge in [-0.15, -0.1) is 0 Å². The molecule has 0 unspecified atom stereocenters. The van der Waals surface area contributed by atoms with Crippen LogP contribution in [0.1, 0.15) is 39.9 Å². The van der Waals surface area contributed by atoms with E-state index in [0.29, 0.717) is 19.6 Å². The highest BCUT2D eigenvalue weighted by Crippen LogP contribution is 2.31. The van der Waals surface area contributed by atoms with Crippen LogP contribution in [0.4, 0.5) is 0 Å². The van der Waals surface area contributed by atoms with Gasteiger partial charge in [0.25, 0.3) is 5.91 Å². The quantitative estimate of drug-likeness (QED) is 0.838. The van der Waals surface area contributed by atoms with Gasteiger partial charge in [0, 0.05) is 31.2 Å². The largest absolute Gasteiger partial charge is 0.336 e. The summed E-state index contributed by atoms with van der Waals surface area (Å²) in [7, 11) is 0. The molecule has 0 aliphatic carbocycles. The number of hydrogen-bond acceptors (Lipinski definition) is 2. The highest BCUT2D eigenvalue weighted by molar-refractivity contribution is 5.96. The van der Waals surface area contributed by atoms with Gasteiger partial charge < -0.3 is 9.80 Å². The van der Waals surface area contributed by atoms with Crippen molar-refractivity contribution in [1.82, 2.24) is 9.80 Å². The van der Waals surface area contributed by atoms with E-state index in [1.54, 1.807) is 0 Å². The van der Waals surface area contributed by atoms with Crippen molar-refractivity contribution in [2.24, 2.45) is 5.92 Å². The summed E-state index contributed by atoms with van der Waals surface area (Å²) in [5, 5.41) is 0. The first-order valence-electron chi connectivity index (χ1n) is 9.74. The van der Waals surface area contributed by atoms with Crippen LogP contribution in [0, 0.1) is 19.8 Å². The van der Waals surface area contributed by atoms with Crippen molar-refractivity contribution in [3.05, 3.63) is 70.8 Å². The summed E-state index contributed by atoms with van der Waals surface area (Å²) < 4.78 is 0. The molecule has 3 aliphatic heterocycles. The van der Waals surface area contributed by atoms with Crippen molar-refractivity contribution < 1.29 is 9.59 Å². The van der Waals surface area contributed by atoms with Gasteiger partial charge in [-0.25, -0.2) is 0 Å². The number of hydrogen-bond donors (Lipinski definition) is 0. The zero-order chi connectivity index (χ0) is 19.0. The average Bonchev–Trinajstić information content (AvgIpc) is 2.97. The summed E-state index contributed by atoms with van der Waals surface area (Å²) >= 11 is 0. The van der Waals surface area contributed by atoms with Crippen LogP contribution in [0.2, 0.25) is 0 Å². The molecule has 2 amide bonds. The van der Waals surface area contributed by atoms with E-state index < -0.39 is 0 Å². The summed E-state index contributed by atoms with van der Waals surface area (Å²) in [6, 6.07) is 16.2. The molecule has 4 nitrogen and oxygen atoms in total. The van der Waals surface area contributed by atoms with Gasteiger partial charge in [-0.3, -0.25) is 9.59 Å². The molecule has 0 radical (unpaired) electrons. The van der Waals surface area contributed by atoms with E-state index >= 15 is 0 Å². The van der Waals surface area contributed by atoms with Gasteiger partial charge in [-0.1, -0.05) is 48.0 Å². The molecule has 3 fully saturated rings. The van der Waals surface area contributed by atoms with Gasteiger partial charge in [0.1, 0.15) is 0 Å². The van der Waals surface area contributed by atoms with Crippen LogP contribution in [0.3, 0.4) is 0 Å². The number of piperidine rings is 1. The van der Waals surface area contributed by atoms with Crippen LogP contribution in [0.25, 0.3) is 0 Å². The second-order valence-corrected chi connectivity index (χ2v) is 7.91. The van der Waals surface area contributed by atoms with Gasteiger partial charge in [0.05, 0.1) is 5.92 Å². The number of rotatable bonds is 3. The van der Waals surface area contributed by atoms with E-state index in [4.69, 9.17) is 0 Å². The number of benzene rings is 2. The molecule has 0 aromatic heterocycles. The van der Waals surface area contributed by atoms with Gasteiger partial charge in [-0.2, -0.15) is 0 Å². The van der Waals surface area contributed by atoms with E-state index in [9.17, 15) is 9.59 Å². The molecule has 2 aromatic rings. The SMILES string of the molecule is Cc1ccc(C)c(C(=O)N2C[C@H]3CC[C@@H](C2)N(Cc2ccccc2)C3=O)c1. The maximum atomic E-state index is 13.2.